The smallest absolute Gasteiger partial charge is 0.252 e. The van der Waals surface area contributed by atoms with E-state index in [0.717, 1.165) is 34.1 Å². The molecule has 7 heteroatoms. The van der Waals surface area contributed by atoms with Crippen LogP contribution >= 0.6 is 22.7 Å². The van der Waals surface area contributed by atoms with Crippen molar-refractivity contribution in [1.29, 1.82) is 0 Å². The first-order valence-electron chi connectivity index (χ1n) is 16.5. The normalized spacial score (nSPS) is 13.7. The average molecular weight is 675 g/mol. The minimum absolute atomic E-state index is 0.0298. The van der Waals surface area contributed by atoms with Crippen LogP contribution in [-0.4, -0.2) is 6.71 Å². The molecule has 0 saturated heterocycles. The zero-order chi connectivity index (χ0) is 33.2. The maximum atomic E-state index is 14.4. The fourth-order valence-electron chi connectivity index (χ4n) is 7.90. The lowest BCUT2D eigenvalue weighted by Crippen LogP contribution is -2.61. The molecule has 2 aliphatic heterocycles. The third kappa shape index (κ3) is 4.22. The molecule has 10 rings (SSSR count). The van der Waals surface area contributed by atoms with Gasteiger partial charge in [-0.05, 0) is 128 Å². The van der Waals surface area contributed by atoms with Gasteiger partial charge in [0.2, 0.25) is 0 Å². The van der Waals surface area contributed by atoms with Crippen LogP contribution in [0.4, 0.5) is 42.9 Å². The number of halogens is 2. The summed E-state index contributed by atoms with van der Waals surface area (Å²) in [5, 5.41) is 5.87. The highest BCUT2D eigenvalue weighted by Crippen LogP contribution is 2.48. The molecule has 0 unspecified atom stereocenters. The molecule has 6 aromatic carbocycles. The minimum Gasteiger partial charge on any atom is -0.311 e. The van der Waals surface area contributed by atoms with Gasteiger partial charge in [0.05, 0.1) is 10.4 Å². The molecule has 0 amide bonds. The van der Waals surface area contributed by atoms with Crippen LogP contribution in [0.1, 0.15) is 26.3 Å². The Bertz CT molecular complexity index is 2630. The van der Waals surface area contributed by atoms with Crippen LogP contribution in [0.25, 0.3) is 30.3 Å². The summed E-state index contributed by atoms with van der Waals surface area (Å²) in [6.45, 7) is 6.74. The molecule has 4 heterocycles. The second-order valence-electron chi connectivity index (χ2n) is 14.1. The standard InChI is InChI=1S/C42H29BF2N2S2/c1-42(2,3)25-8-18-37-30(21-25)31-22-33-36(23-38(31)49-37)46(28-13-9-26(44)10-14-28)34-5-4-6-35-39(34)43(33)32-17-7-24-19-20-48-41(24)40(32)47(35)29-15-11-27(45)12-16-29/h4-23H,1-3H3. The highest BCUT2D eigenvalue weighted by molar-refractivity contribution is 7.26. The molecule has 0 fully saturated rings. The SMILES string of the molecule is CC(C)(C)c1ccc2sc3cc4c(cc3c2c1)B1c2ccc3ccsc3c2N(c2ccc(F)cc2)c2cccc(c21)N4c1ccc(F)cc1. The Kier molecular flexibility index (Phi) is 6.07. The minimum atomic E-state index is -0.264. The van der Waals surface area contributed by atoms with Gasteiger partial charge >= 0.3 is 0 Å². The lowest BCUT2D eigenvalue weighted by Gasteiger charge is -2.44. The number of rotatable bonds is 2. The largest absolute Gasteiger partial charge is 0.311 e. The molecular weight excluding hydrogens is 645 g/mol. The van der Waals surface area contributed by atoms with Gasteiger partial charge in [0.1, 0.15) is 11.6 Å². The van der Waals surface area contributed by atoms with Gasteiger partial charge in [0.25, 0.3) is 6.71 Å². The van der Waals surface area contributed by atoms with Crippen molar-refractivity contribution in [1.82, 2.24) is 0 Å². The van der Waals surface area contributed by atoms with Gasteiger partial charge < -0.3 is 9.80 Å². The number of hydrogen-bond donors (Lipinski definition) is 0. The maximum absolute atomic E-state index is 14.4. The third-order valence-electron chi connectivity index (χ3n) is 10.2. The van der Waals surface area contributed by atoms with Crippen LogP contribution in [0.5, 0.6) is 0 Å². The number of nitrogens with zero attached hydrogens (tertiary/aromatic N) is 2. The van der Waals surface area contributed by atoms with Crippen LogP contribution in [0.2, 0.25) is 0 Å². The van der Waals surface area contributed by atoms with Crippen molar-refractivity contribution in [3.63, 3.8) is 0 Å². The molecule has 2 aromatic heterocycles. The molecule has 236 valence electrons. The Morgan fingerprint density at radius 2 is 1.29 bits per heavy atom. The van der Waals surface area contributed by atoms with Gasteiger partial charge in [-0.15, -0.1) is 22.7 Å². The summed E-state index contributed by atoms with van der Waals surface area (Å²) in [4.78, 5) is 4.61. The second-order valence-corrected chi connectivity index (χ2v) is 16.1. The van der Waals surface area contributed by atoms with Crippen LogP contribution in [0, 0.1) is 11.6 Å². The molecule has 0 bridgehead atoms. The Labute approximate surface area is 291 Å². The molecule has 49 heavy (non-hydrogen) atoms. The van der Waals surface area contributed by atoms with Crippen LogP contribution in [-0.2, 0) is 5.41 Å². The van der Waals surface area contributed by atoms with E-state index >= 15 is 0 Å². The van der Waals surface area contributed by atoms with E-state index in [2.05, 4.69) is 103 Å². The van der Waals surface area contributed by atoms with Gasteiger partial charge in [-0.3, -0.25) is 0 Å². The zero-order valence-corrected chi connectivity index (χ0v) is 28.7. The van der Waals surface area contributed by atoms with Crippen molar-refractivity contribution < 1.29 is 8.78 Å². The van der Waals surface area contributed by atoms with Crippen molar-refractivity contribution in [3.05, 3.63) is 138 Å². The van der Waals surface area contributed by atoms with Crippen molar-refractivity contribution in [2.45, 2.75) is 26.2 Å². The van der Waals surface area contributed by atoms with E-state index in [1.165, 1.54) is 76.5 Å². The molecule has 0 saturated carbocycles. The van der Waals surface area contributed by atoms with E-state index in [1.54, 1.807) is 11.3 Å². The first-order chi connectivity index (χ1) is 23.7. The molecule has 0 aliphatic carbocycles. The lowest BCUT2D eigenvalue weighted by atomic mass is 9.33. The van der Waals surface area contributed by atoms with Gasteiger partial charge in [0, 0.05) is 43.2 Å². The molecule has 0 atom stereocenters. The first-order valence-corrected chi connectivity index (χ1v) is 18.2. The Hall–Kier alpha value is -4.98. The second kappa shape index (κ2) is 10.3. The summed E-state index contributed by atoms with van der Waals surface area (Å²) in [6.07, 6.45) is 0. The van der Waals surface area contributed by atoms with Crippen molar-refractivity contribution in [3.8, 4) is 0 Å². The maximum Gasteiger partial charge on any atom is 0.252 e. The topological polar surface area (TPSA) is 6.48 Å². The number of anilines is 6. The quantitative estimate of drug-likeness (QED) is 0.168. The monoisotopic (exact) mass is 674 g/mol. The predicted octanol–water partition coefficient (Wildman–Crippen LogP) is 10.9. The van der Waals surface area contributed by atoms with E-state index in [-0.39, 0.29) is 23.8 Å². The summed E-state index contributed by atoms with van der Waals surface area (Å²) in [5.41, 5.74) is 11.1. The number of thiophene rings is 2. The highest BCUT2D eigenvalue weighted by Gasteiger charge is 2.44. The summed E-state index contributed by atoms with van der Waals surface area (Å²) in [6, 6.07) is 38.5. The van der Waals surface area contributed by atoms with Crippen molar-refractivity contribution in [2.24, 2.45) is 0 Å². The number of benzene rings is 6. The van der Waals surface area contributed by atoms with Crippen LogP contribution in [0.15, 0.2) is 121 Å². The summed E-state index contributed by atoms with van der Waals surface area (Å²) >= 11 is 3.57. The van der Waals surface area contributed by atoms with Gasteiger partial charge in [-0.25, -0.2) is 8.78 Å². The van der Waals surface area contributed by atoms with E-state index in [9.17, 15) is 8.78 Å². The molecule has 8 aromatic rings. The lowest BCUT2D eigenvalue weighted by molar-refractivity contribution is 0.591. The predicted molar refractivity (Wildman–Crippen MR) is 207 cm³/mol. The molecule has 0 N–H and O–H groups in total. The molecule has 2 aliphatic rings. The van der Waals surface area contributed by atoms with E-state index in [1.807, 2.05) is 35.6 Å². The summed E-state index contributed by atoms with van der Waals surface area (Å²) in [5.74, 6) is -0.527. The molecule has 2 nitrogen and oxygen atoms in total. The number of fused-ring (bicyclic) bond motifs is 9. The van der Waals surface area contributed by atoms with Crippen LogP contribution < -0.4 is 26.2 Å². The van der Waals surface area contributed by atoms with E-state index < -0.39 is 0 Å². The van der Waals surface area contributed by atoms with Gasteiger partial charge in [-0.1, -0.05) is 51.1 Å². The Morgan fingerprint density at radius 3 is 2.00 bits per heavy atom. The summed E-state index contributed by atoms with van der Waals surface area (Å²) in [7, 11) is 0. The van der Waals surface area contributed by atoms with Crippen molar-refractivity contribution >= 4 is 110 Å². The van der Waals surface area contributed by atoms with Crippen LogP contribution in [0.3, 0.4) is 0 Å². The zero-order valence-electron chi connectivity index (χ0n) is 27.1. The first kappa shape index (κ1) is 29.0. The third-order valence-corrected chi connectivity index (χ3v) is 12.3. The van der Waals surface area contributed by atoms with Gasteiger partial charge in [0.15, 0.2) is 0 Å². The average Bonchev–Trinajstić information content (AvgIpc) is 3.72. The molecule has 0 spiro atoms. The fourth-order valence-corrected chi connectivity index (χ4v) is 9.94. The van der Waals surface area contributed by atoms with E-state index in [4.69, 9.17) is 0 Å². The Morgan fingerprint density at radius 1 is 0.612 bits per heavy atom. The fraction of sp³-hybridized carbons (Fsp3) is 0.0952. The highest BCUT2D eigenvalue weighted by atomic mass is 32.1. The van der Waals surface area contributed by atoms with E-state index in [0.29, 0.717) is 0 Å². The number of hydrogen-bond acceptors (Lipinski definition) is 4. The Balaban J connectivity index is 1.33. The molecular formula is C42H29BF2N2S2. The van der Waals surface area contributed by atoms with Crippen molar-refractivity contribution in [2.75, 3.05) is 9.80 Å². The molecule has 0 radical (unpaired) electrons. The van der Waals surface area contributed by atoms with Gasteiger partial charge in [-0.2, -0.15) is 0 Å². The summed E-state index contributed by atoms with van der Waals surface area (Å²) < 4.78 is 32.4.